The van der Waals surface area contributed by atoms with E-state index in [0.29, 0.717) is 5.75 Å². The van der Waals surface area contributed by atoms with Gasteiger partial charge in [-0.1, -0.05) is 95.0 Å². The third-order valence-electron chi connectivity index (χ3n) is 2.29. The Morgan fingerprint density at radius 2 is 1.72 bits per heavy atom. The molecule has 0 aliphatic heterocycles. The van der Waals surface area contributed by atoms with Crippen LogP contribution in [0.1, 0.15) is 40.2 Å². The largest absolute Gasteiger partial charge is 0.289 e. The number of hydrogen-bond acceptors (Lipinski definition) is 3. The van der Waals surface area contributed by atoms with Crippen LogP contribution in [0.5, 0.6) is 0 Å². The second-order valence-corrected chi connectivity index (χ2v) is 5.07. The fraction of sp³-hybridized carbons (Fsp3) is 0.381. The fourth-order valence-electron chi connectivity index (χ4n) is 1.29. The lowest BCUT2D eigenvalue weighted by Gasteiger charge is -2.00. The molecule has 3 nitrogen and oxygen atoms in total. The predicted molar refractivity (Wildman–Crippen MR) is 114 cm³/mol. The standard InChI is InChI=1S/C10H13NO2S.C7H10.2C2H6/c12-10(11-13)8-14-7-6-9-4-2-1-3-5-9;1-3-5-7-6-4-2;2*1-2/h1-5,13H,6-8H2,(H,11,12);3-7H,1H2,2H3;2*1-2H3/b;6-4-,7-5-;;. The molecule has 0 atom stereocenters. The van der Waals surface area contributed by atoms with Gasteiger partial charge in [0, 0.05) is 0 Å². The molecule has 4 heteroatoms. The number of hydroxylamine groups is 1. The zero-order valence-electron chi connectivity index (χ0n) is 16.4. The SMILES string of the molecule is C=C/C=C\C=C/C.CC.CC.O=C(CSCCc1ccccc1)NO. The Morgan fingerprint density at radius 3 is 2.20 bits per heavy atom. The first-order chi connectivity index (χ1) is 12.2. The van der Waals surface area contributed by atoms with Gasteiger partial charge in [-0.05, 0) is 24.7 Å². The van der Waals surface area contributed by atoms with Gasteiger partial charge in [-0.15, -0.1) is 0 Å². The summed E-state index contributed by atoms with van der Waals surface area (Å²) in [5.74, 6) is 0.851. The molecule has 0 heterocycles. The number of nitrogens with one attached hydrogen (secondary N) is 1. The fourth-order valence-corrected chi connectivity index (χ4v) is 2.06. The number of hydrogen-bond donors (Lipinski definition) is 2. The lowest BCUT2D eigenvalue weighted by molar-refractivity contribution is -0.126. The van der Waals surface area contributed by atoms with E-state index in [-0.39, 0.29) is 5.91 Å². The van der Waals surface area contributed by atoms with E-state index in [1.165, 1.54) is 17.3 Å². The van der Waals surface area contributed by atoms with Crippen LogP contribution in [0, 0.1) is 0 Å². The van der Waals surface area contributed by atoms with Gasteiger partial charge in [-0.25, -0.2) is 5.48 Å². The van der Waals surface area contributed by atoms with Crippen LogP contribution >= 0.6 is 11.8 Å². The zero-order valence-corrected chi connectivity index (χ0v) is 17.2. The van der Waals surface area contributed by atoms with Crippen LogP contribution in [0.4, 0.5) is 0 Å². The molecule has 0 spiro atoms. The van der Waals surface area contributed by atoms with E-state index in [0.717, 1.165) is 12.2 Å². The van der Waals surface area contributed by atoms with Crippen molar-refractivity contribution in [1.29, 1.82) is 0 Å². The zero-order chi connectivity index (χ0) is 19.8. The van der Waals surface area contributed by atoms with Crippen molar-refractivity contribution in [2.75, 3.05) is 11.5 Å². The number of allylic oxidation sites excluding steroid dienone is 5. The average Bonchev–Trinajstić information content (AvgIpc) is 2.70. The lowest BCUT2D eigenvalue weighted by atomic mass is 10.2. The molecule has 142 valence electrons. The maximum atomic E-state index is 10.6. The molecule has 1 aromatic carbocycles. The van der Waals surface area contributed by atoms with Crippen molar-refractivity contribution in [1.82, 2.24) is 5.48 Å². The number of amides is 1. The highest BCUT2D eigenvalue weighted by Crippen LogP contribution is 2.06. The van der Waals surface area contributed by atoms with Crippen LogP contribution in [-0.4, -0.2) is 22.6 Å². The van der Waals surface area contributed by atoms with E-state index in [1.54, 1.807) is 11.6 Å². The maximum Gasteiger partial charge on any atom is 0.253 e. The Labute approximate surface area is 158 Å². The third kappa shape index (κ3) is 24.6. The van der Waals surface area contributed by atoms with Gasteiger partial charge in [0.1, 0.15) is 0 Å². The molecule has 25 heavy (non-hydrogen) atoms. The number of benzene rings is 1. The first-order valence-corrected chi connectivity index (χ1v) is 9.85. The number of aryl methyl sites for hydroxylation is 1. The summed E-state index contributed by atoms with van der Waals surface area (Å²) in [5.41, 5.74) is 2.87. The van der Waals surface area contributed by atoms with E-state index in [1.807, 2.05) is 77.1 Å². The van der Waals surface area contributed by atoms with Crippen molar-refractivity contribution in [3.05, 3.63) is 72.9 Å². The molecule has 1 aromatic rings. The van der Waals surface area contributed by atoms with Gasteiger partial charge < -0.3 is 0 Å². The molecule has 1 amide bonds. The molecule has 0 saturated heterocycles. The quantitative estimate of drug-likeness (QED) is 0.277. The molecule has 0 aromatic heterocycles. The Morgan fingerprint density at radius 1 is 1.12 bits per heavy atom. The highest BCUT2D eigenvalue weighted by Gasteiger charge is 1.98. The van der Waals surface area contributed by atoms with Gasteiger partial charge in [0.05, 0.1) is 5.75 Å². The second kappa shape index (κ2) is 27.1. The minimum Gasteiger partial charge on any atom is -0.289 e. The van der Waals surface area contributed by atoms with Gasteiger partial charge in [0.25, 0.3) is 5.91 Å². The van der Waals surface area contributed by atoms with E-state index in [2.05, 4.69) is 18.7 Å². The number of carbonyl (C=O) groups is 1. The normalized spacial score (nSPS) is 9.04. The van der Waals surface area contributed by atoms with Gasteiger partial charge in [-0.3, -0.25) is 10.0 Å². The summed E-state index contributed by atoms with van der Waals surface area (Å²) in [4.78, 5) is 10.6. The van der Waals surface area contributed by atoms with Crippen LogP contribution in [0.25, 0.3) is 0 Å². The van der Waals surface area contributed by atoms with Crippen LogP contribution in [-0.2, 0) is 11.2 Å². The smallest absolute Gasteiger partial charge is 0.253 e. The Bertz CT molecular complexity index is 442. The first-order valence-electron chi connectivity index (χ1n) is 8.69. The van der Waals surface area contributed by atoms with Gasteiger partial charge >= 0.3 is 0 Å². The molecule has 0 saturated carbocycles. The van der Waals surface area contributed by atoms with E-state index < -0.39 is 0 Å². The summed E-state index contributed by atoms with van der Waals surface area (Å²) in [5, 5.41) is 8.24. The molecule has 2 N–H and O–H groups in total. The summed E-state index contributed by atoms with van der Waals surface area (Å²) in [6.45, 7) is 13.5. The van der Waals surface area contributed by atoms with Gasteiger partial charge in [0.2, 0.25) is 0 Å². The molecule has 0 radical (unpaired) electrons. The highest BCUT2D eigenvalue weighted by molar-refractivity contribution is 7.99. The van der Waals surface area contributed by atoms with Crippen LogP contribution in [0.2, 0.25) is 0 Å². The molecule has 0 bridgehead atoms. The number of thioether (sulfide) groups is 1. The second-order valence-electron chi connectivity index (χ2n) is 3.97. The average molecular weight is 366 g/mol. The molecular formula is C21H35NO2S. The van der Waals surface area contributed by atoms with Crippen molar-refractivity contribution in [3.8, 4) is 0 Å². The van der Waals surface area contributed by atoms with Crippen LogP contribution in [0.3, 0.4) is 0 Å². The summed E-state index contributed by atoms with van der Waals surface area (Å²) in [7, 11) is 0. The van der Waals surface area contributed by atoms with Crippen LogP contribution in [0.15, 0.2) is 67.3 Å². The predicted octanol–water partition coefficient (Wildman–Crippen LogP) is 5.82. The first kappa shape index (κ1) is 28.0. The topological polar surface area (TPSA) is 49.3 Å². The van der Waals surface area contributed by atoms with E-state index >= 15 is 0 Å². The minimum absolute atomic E-state index is 0.309. The number of rotatable bonds is 7. The molecule has 0 aliphatic rings. The van der Waals surface area contributed by atoms with E-state index in [9.17, 15) is 4.79 Å². The molecule has 0 aliphatic carbocycles. The van der Waals surface area contributed by atoms with Crippen molar-refractivity contribution in [2.24, 2.45) is 0 Å². The van der Waals surface area contributed by atoms with Crippen molar-refractivity contribution in [2.45, 2.75) is 41.0 Å². The Hall–Kier alpha value is -1.78. The highest BCUT2D eigenvalue weighted by atomic mass is 32.2. The Kier molecular flexibility index (Phi) is 30.4. The summed E-state index contributed by atoms with van der Waals surface area (Å²) < 4.78 is 0. The minimum atomic E-state index is -0.344. The summed E-state index contributed by atoms with van der Waals surface area (Å²) in [6.07, 6.45) is 10.5. The van der Waals surface area contributed by atoms with E-state index in [4.69, 9.17) is 5.21 Å². The van der Waals surface area contributed by atoms with Crippen molar-refractivity contribution >= 4 is 17.7 Å². The van der Waals surface area contributed by atoms with Gasteiger partial charge in [0.15, 0.2) is 0 Å². The molecule has 0 fully saturated rings. The monoisotopic (exact) mass is 365 g/mol. The lowest BCUT2D eigenvalue weighted by Crippen LogP contribution is -2.20. The molecule has 1 rings (SSSR count). The van der Waals surface area contributed by atoms with Gasteiger partial charge in [-0.2, -0.15) is 11.8 Å². The van der Waals surface area contributed by atoms with Crippen molar-refractivity contribution < 1.29 is 10.0 Å². The van der Waals surface area contributed by atoms with Crippen molar-refractivity contribution in [3.63, 3.8) is 0 Å². The number of carbonyl (C=O) groups excluding carboxylic acids is 1. The maximum absolute atomic E-state index is 10.6. The summed E-state index contributed by atoms with van der Waals surface area (Å²) in [6, 6.07) is 10.1. The molecular weight excluding hydrogens is 330 g/mol. The third-order valence-corrected chi connectivity index (χ3v) is 3.25. The molecule has 0 unspecified atom stereocenters. The van der Waals surface area contributed by atoms with Crippen LogP contribution < -0.4 is 5.48 Å². The summed E-state index contributed by atoms with van der Waals surface area (Å²) >= 11 is 1.51. The Balaban J connectivity index is -0.000000372.